The van der Waals surface area contributed by atoms with Gasteiger partial charge in [-0.2, -0.15) is 0 Å². The molecule has 0 radical (unpaired) electrons. The third-order valence-corrected chi connectivity index (χ3v) is 4.45. The number of nitrogens with one attached hydrogen (secondary N) is 1. The molecule has 1 unspecified atom stereocenters. The van der Waals surface area contributed by atoms with Crippen LogP contribution in [-0.4, -0.2) is 37.5 Å². The number of thioether (sulfide) groups is 1. The van der Waals surface area contributed by atoms with Gasteiger partial charge in [-0.1, -0.05) is 23.9 Å². The summed E-state index contributed by atoms with van der Waals surface area (Å²) < 4.78 is 15.2. The zero-order valence-electron chi connectivity index (χ0n) is 14.1. The quantitative estimate of drug-likeness (QED) is 0.730. The van der Waals surface area contributed by atoms with Crippen LogP contribution in [0.5, 0.6) is 0 Å². The lowest BCUT2D eigenvalue weighted by Crippen LogP contribution is -2.35. The fourth-order valence-electron chi connectivity index (χ4n) is 2.16. The number of hydrogen-bond donors (Lipinski definition) is 2. The standard InChI is InChI=1S/C16H19FN4O3S/c1-9(2)21-8-18-20-16(21)25-7-13(22)19-14(15(23)24)11-4-5-12(17)10(3)6-11/h4-6,8-9,14H,7H2,1-3H3,(H,19,22)(H,23,24). The largest absolute Gasteiger partial charge is 0.479 e. The van der Waals surface area contributed by atoms with Gasteiger partial charge in [-0.05, 0) is 38.0 Å². The molecule has 2 N–H and O–H groups in total. The number of carbonyl (C=O) groups is 2. The Labute approximate surface area is 148 Å². The van der Waals surface area contributed by atoms with Crippen molar-refractivity contribution in [2.45, 2.75) is 38.0 Å². The van der Waals surface area contributed by atoms with E-state index in [4.69, 9.17) is 0 Å². The predicted octanol–water partition coefficient (Wildman–Crippen LogP) is 2.34. The Morgan fingerprint density at radius 2 is 2.12 bits per heavy atom. The third-order valence-electron chi connectivity index (χ3n) is 3.50. The van der Waals surface area contributed by atoms with Crippen molar-refractivity contribution in [1.29, 1.82) is 0 Å². The molecule has 134 valence electrons. The van der Waals surface area contributed by atoms with Gasteiger partial charge in [0.15, 0.2) is 11.2 Å². The molecular weight excluding hydrogens is 347 g/mol. The highest BCUT2D eigenvalue weighted by Crippen LogP contribution is 2.20. The first kappa shape index (κ1) is 18.9. The van der Waals surface area contributed by atoms with Crippen molar-refractivity contribution >= 4 is 23.6 Å². The number of amides is 1. The highest BCUT2D eigenvalue weighted by molar-refractivity contribution is 7.99. The molecular formula is C16H19FN4O3S. The molecule has 2 aromatic rings. The maximum atomic E-state index is 13.4. The first-order valence-electron chi connectivity index (χ1n) is 7.60. The normalized spacial score (nSPS) is 12.2. The molecule has 0 fully saturated rings. The van der Waals surface area contributed by atoms with Crippen molar-refractivity contribution in [1.82, 2.24) is 20.1 Å². The molecule has 1 aromatic carbocycles. The summed E-state index contributed by atoms with van der Waals surface area (Å²) in [5.74, 6) is -2.11. The van der Waals surface area contributed by atoms with Crippen LogP contribution >= 0.6 is 11.8 Å². The van der Waals surface area contributed by atoms with Crippen molar-refractivity contribution in [3.63, 3.8) is 0 Å². The average Bonchev–Trinajstić information content (AvgIpc) is 3.02. The molecule has 1 aromatic heterocycles. The van der Waals surface area contributed by atoms with Crippen LogP contribution in [0.2, 0.25) is 0 Å². The van der Waals surface area contributed by atoms with Gasteiger partial charge < -0.3 is 15.0 Å². The molecule has 0 aliphatic rings. The van der Waals surface area contributed by atoms with Gasteiger partial charge in [0.2, 0.25) is 5.91 Å². The second-order valence-corrected chi connectivity index (χ2v) is 6.69. The molecule has 1 atom stereocenters. The van der Waals surface area contributed by atoms with E-state index in [9.17, 15) is 19.1 Å². The minimum Gasteiger partial charge on any atom is -0.479 e. The summed E-state index contributed by atoms with van der Waals surface area (Å²) in [5, 5.41) is 20.1. The number of carbonyl (C=O) groups excluding carboxylic acids is 1. The fourth-order valence-corrected chi connectivity index (χ4v) is 3.01. The van der Waals surface area contributed by atoms with E-state index in [0.29, 0.717) is 16.3 Å². The molecule has 2 rings (SSSR count). The van der Waals surface area contributed by atoms with E-state index in [0.717, 1.165) is 0 Å². The number of halogens is 1. The van der Waals surface area contributed by atoms with Gasteiger partial charge in [-0.25, -0.2) is 9.18 Å². The van der Waals surface area contributed by atoms with Crippen LogP contribution in [0.3, 0.4) is 0 Å². The Morgan fingerprint density at radius 3 is 2.72 bits per heavy atom. The number of aromatic nitrogens is 3. The molecule has 1 heterocycles. The molecule has 0 spiro atoms. The molecule has 0 saturated heterocycles. The first-order chi connectivity index (χ1) is 11.8. The summed E-state index contributed by atoms with van der Waals surface area (Å²) in [7, 11) is 0. The number of hydrogen-bond acceptors (Lipinski definition) is 5. The van der Waals surface area contributed by atoms with Crippen LogP contribution in [0.15, 0.2) is 29.7 Å². The number of aryl methyl sites for hydroxylation is 1. The fraction of sp³-hybridized carbons (Fsp3) is 0.375. The van der Waals surface area contributed by atoms with Gasteiger partial charge in [0.05, 0.1) is 5.75 Å². The lowest BCUT2D eigenvalue weighted by Gasteiger charge is -2.16. The molecule has 0 aliphatic carbocycles. The number of benzene rings is 1. The lowest BCUT2D eigenvalue weighted by atomic mass is 10.0. The van der Waals surface area contributed by atoms with Crippen LogP contribution in [0.4, 0.5) is 4.39 Å². The third kappa shape index (κ3) is 4.79. The summed E-state index contributed by atoms with van der Waals surface area (Å²) in [6, 6.07) is 2.86. The van der Waals surface area contributed by atoms with E-state index in [1.54, 1.807) is 6.33 Å². The molecule has 7 nitrogen and oxygen atoms in total. The van der Waals surface area contributed by atoms with Gasteiger partial charge in [-0.15, -0.1) is 10.2 Å². The van der Waals surface area contributed by atoms with Crippen molar-refractivity contribution in [2.75, 3.05) is 5.75 Å². The maximum Gasteiger partial charge on any atom is 0.330 e. The Hall–Kier alpha value is -2.42. The monoisotopic (exact) mass is 366 g/mol. The van der Waals surface area contributed by atoms with Crippen LogP contribution < -0.4 is 5.32 Å². The summed E-state index contributed by atoms with van der Waals surface area (Å²) in [5.41, 5.74) is 0.632. The van der Waals surface area contributed by atoms with E-state index in [1.807, 2.05) is 18.4 Å². The summed E-state index contributed by atoms with van der Waals surface area (Å²) in [6.07, 6.45) is 1.58. The van der Waals surface area contributed by atoms with E-state index >= 15 is 0 Å². The van der Waals surface area contributed by atoms with E-state index in [1.165, 1.54) is 36.9 Å². The van der Waals surface area contributed by atoms with Gasteiger partial charge in [0.1, 0.15) is 12.1 Å². The molecule has 0 aliphatic heterocycles. The second kappa shape index (κ2) is 8.11. The Bertz CT molecular complexity index is 778. The van der Waals surface area contributed by atoms with E-state index in [2.05, 4.69) is 15.5 Å². The van der Waals surface area contributed by atoms with Gasteiger partial charge in [0.25, 0.3) is 0 Å². The zero-order chi connectivity index (χ0) is 18.6. The Morgan fingerprint density at radius 1 is 1.40 bits per heavy atom. The number of carboxylic acids is 1. The number of rotatable bonds is 7. The van der Waals surface area contributed by atoms with Gasteiger partial charge >= 0.3 is 5.97 Å². The molecule has 0 saturated carbocycles. The SMILES string of the molecule is Cc1cc(C(NC(=O)CSc2nncn2C(C)C)C(=O)O)ccc1F. The van der Waals surface area contributed by atoms with E-state index < -0.39 is 23.7 Å². The van der Waals surface area contributed by atoms with Crippen molar-refractivity contribution in [2.24, 2.45) is 0 Å². The number of aliphatic carboxylic acids is 1. The highest BCUT2D eigenvalue weighted by atomic mass is 32.2. The van der Waals surface area contributed by atoms with Crippen molar-refractivity contribution in [3.8, 4) is 0 Å². The topological polar surface area (TPSA) is 97.1 Å². The zero-order valence-corrected chi connectivity index (χ0v) is 14.9. The Kier molecular flexibility index (Phi) is 6.13. The van der Waals surface area contributed by atoms with Crippen LogP contribution in [0.25, 0.3) is 0 Å². The summed E-state index contributed by atoms with van der Waals surface area (Å²) in [4.78, 5) is 23.6. The van der Waals surface area contributed by atoms with Crippen LogP contribution in [0.1, 0.15) is 37.1 Å². The van der Waals surface area contributed by atoms with Crippen molar-refractivity contribution in [3.05, 3.63) is 41.5 Å². The highest BCUT2D eigenvalue weighted by Gasteiger charge is 2.23. The predicted molar refractivity (Wildman–Crippen MR) is 90.8 cm³/mol. The summed E-state index contributed by atoms with van der Waals surface area (Å²) >= 11 is 1.17. The van der Waals surface area contributed by atoms with Gasteiger partial charge in [0, 0.05) is 6.04 Å². The van der Waals surface area contributed by atoms with Crippen molar-refractivity contribution < 1.29 is 19.1 Å². The number of carboxylic acid groups (broad SMARTS) is 1. The average molecular weight is 366 g/mol. The molecule has 9 heteroatoms. The first-order valence-corrected chi connectivity index (χ1v) is 8.58. The Balaban J connectivity index is 2.04. The molecule has 0 bridgehead atoms. The van der Waals surface area contributed by atoms with Crippen LogP contribution in [-0.2, 0) is 9.59 Å². The molecule has 25 heavy (non-hydrogen) atoms. The van der Waals surface area contributed by atoms with Gasteiger partial charge in [-0.3, -0.25) is 4.79 Å². The minimum absolute atomic E-state index is 0.00459. The lowest BCUT2D eigenvalue weighted by molar-refractivity contribution is -0.141. The smallest absolute Gasteiger partial charge is 0.330 e. The summed E-state index contributed by atoms with van der Waals surface area (Å²) in [6.45, 7) is 5.46. The molecule has 1 amide bonds. The van der Waals surface area contributed by atoms with Crippen LogP contribution in [0, 0.1) is 12.7 Å². The second-order valence-electron chi connectivity index (χ2n) is 5.75. The maximum absolute atomic E-state index is 13.4. The minimum atomic E-state index is -1.24. The number of nitrogens with zero attached hydrogens (tertiary/aromatic N) is 3. The van der Waals surface area contributed by atoms with E-state index in [-0.39, 0.29) is 11.8 Å².